The summed E-state index contributed by atoms with van der Waals surface area (Å²) in [4.78, 5) is 19.2. The van der Waals surface area contributed by atoms with Crippen molar-refractivity contribution < 1.29 is 14.3 Å². The average Bonchev–Trinajstić information content (AvgIpc) is 2.71. The number of carbonyl (C=O) groups is 1. The molecule has 2 aliphatic rings. The highest BCUT2D eigenvalue weighted by Gasteiger charge is 2.19. The van der Waals surface area contributed by atoms with Gasteiger partial charge in [0, 0.05) is 26.2 Å². The first-order valence-corrected chi connectivity index (χ1v) is 11.5. The second-order valence-electron chi connectivity index (χ2n) is 8.51. The van der Waals surface area contributed by atoms with Crippen molar-refractivity contribution in [2.24, 2.45) is 5.92 Å². The predicted octanol–water partition coefficient (Wildman–Crippen LogP) is 2.48. The van der Waals surface area contributed by atoms with Crippen molar-refractivity contribution >= 4 is 5.97 Å². The third-order valence-corrected chi connectivity index (χ3v) is 6.08. The summed E-state index contributed by atoms with van der Waals surface area (Å²) in [7, 11) is 2.23. The van der Waals surface area contributed by atoms with Crippen molar-refractivity contribution in [2.45, 2.75) is 51.9 Å². The number of rotatable bonds is 13. The first-order chi connectivity index (χ1) is 13.7. The minimum absolute atomic E-state index is 0.0388. The molecule has 2 fully saturated rings. The van der Waals surface area contributed by atoms with Crippen molar-refractivity contribution in [2.75, 3.05) is 79.2 Å². The van der Waals surface area contributed by atoms with E-state index < -0.39 is 0 Å². The van der Waals surface area contributed by atoms with E-state index in [1.807, 2.05) is 0 Å². The fraction of sp³-hybridized carbons (Fsp3) is 0.955. The molecule has 0 amide bonds. The lowest BCUT2D eigenvalue weighted by Gasteiger charge is -2.32. The molecule has 2 rings (SSSR count). The first-order valence-electron chi connectivity index (χ1n) is 11.5. The van der Waals surface area contributed by atoms with Crippen LogP contribution < -0.4 is 0 Å². The second-order valence-corrected chi connectivity index (χ2v) is 8.51. The van der Waals surface area contributed by atoms with Gasteiger partial charge in [-0.3, -0.25) is 9.69 Å². The molecule has 28 heavy (non-hydrogen) atoms. The molecule has 2 heterocycles. The molecule has 0 aromatic carbocycles. The fourth-order valence-corrected chi connectivity index (χ4v) is 4.26. The van der Waals surface area contributed by atoms with Crippen molar-refractivity contribution in [3.63, 3.8) is 0 Å². The van der Waals surface area contributed by atoms with Gasteiger partial charge >= 0.3 is 5.97 Å². The van der Waals surface area contributed by atoms with E-state index in [-0.39, 0.29) is 5.97 Å². The molecule has 0 unspecified atom stereocenters. The summed E-state index contributed by atoms with van der Waals surface area (Å²) in [6.45, 7) is 13.0. The van der Waals surface area contributed by atoms with Gasteiger partial charge in [-0.05, 0) is 77.7 Å². The molecule has 0 aromatic heterocycles. The summed E-state index contributed by atoms with van der Waals surface area (Å²) in [6, 6.07) is 0. The van der Waals surface area contributed by atoms with Gasteiger partial charge in [0.15, 0.2) is 0 Å². The molecular weight excluding hydrogens is 354 g/mol. The Morgan fingerprint density at radius 2 is 1.75 bits per heavy atom. The van der Waals surface area contributed by atoms with Gasteiger partial charge in [0.05, 0.1) is 26.2 Å². The summed E-state index contributed by atoms with van der Waals surface area (Å²) < 4.78 is 10.8. The van der Waals surface area contributed by atoms with Crippen LogP contribution in [0.4, 0.5) is 0 Å². The van der Waals surface area contributed by atoms with Gasteiger partial charge < -0.3 is 19.3 Å². The predicted molar refractivity (Wildman–Crippen MR) is 114 cm³/mol. The molecule has 6 nitrogen and oxygen atoms in total. The zero-order valence-corrected chi connectivity index (χ0v) is 18.4. The van der Waals surface area contributed by atoms with Crippen LogP contribution in [0.2, 0.25) is 0 Å². The van der Waals surface area contributed by atoms with Crippen molar-refractivity contribution in [3.05, 3.63) is 0 Å². The molecule has 0 saturated carbocycles. The number of carbonyl (C=O) groups excluding carboxylic acids is 1. The topological polar surface area (TPSA) is 45.2 Å². The Morgan fingerprint density at radius 1 is 1.04 bits per heavy atom. The molecule has 164 valence electrons. The molecule has 2 aliphatic heterocycles. The quantitative estimate of drug-likeness (QED) is 0.351. The maximum absolute atomic E-state index is 12.0. The van der Waals surface area contributed by atoms with E-state index in [2.05, 4.69) is 28.7 Å². The monoisotopic (exact) mass is 397 g/mol. The van der Waals surface area contributed by atoms with E-state index in [0.29, 0.717) is 13.0 Å². The lowest BCUT2D eigenvalue weighted by molar-refractivity contribution is -0.144. The number of morpholine rings is 1. The van der Waals surface area contributed by atoms with Crippen LogP contribution in [-0.4, -0.2) is 99.9 Å². The van der Waals surface area contributed by atoms with Gasteiger partial charge in [-0.15, -0.1) is 0 Å². The molecule has 0 radical (unpaired) electrons. The number of hydrogen-bond acceptors (Lipinski definition) is 6. The van der Waals surface area contributed by atoms with Crippen molar-refractivity contribution in [3.8, 4) is 0 Å². The summed E-state index contributed by atoms with van der Waals surface area (Å²) in [5.74, 6) is 0.835. The highest BCUT2D eigenvalue weighted by molar-refractivity contribution is 5.69. The van der Waals surface area contributed by atoms with Crippen LogP contribution in [0, 0.1) is 5.92 Å². The Balaban J connectivity index is 1.43. The molecule has 6 heteroatoms. The highest BCUT2D eigenvalue weighted by atomic mass is 16.5. The van der Waals surface area contributed by atoms with Gasteiger partial charge in [-0.1, -0.05) is 6.92 Å². The van der Waals surface area contributed by atoms with Crippen LogP contribution in [0.3, 0.4) is 0 Å². The number of nitrogens with zero attached hydrogens (tertiary/aromatic N) is 3. The smallest absolute Gasteiger partial charge is 0.307 e. The van der Waals surface area contributed by atoms with E-state index in [1.165, 1.54) is 45.2 Å². The number of ether oxygens (including phenoxy) is 2. The molecule has 0 atom stereocenters. The molecule has 0 bridgehead atoms. The Hall–Kier alpha value is -0.690. The lowest BCUT2D eigenvalue weighted by atomic mass is 9.92. The summed E-state index contributed by atoms with van der Waals surface area (Å²) in [6.07, 6.45) is 7.93. The van der Waals surface area contributed by atoms with Crippen LogP contribution in [0.1, 0.15) is 51.9 Å². The minimum atomic E-state index is -0.0388. The van der Waals surface area contributed by atoms with Gasteiger partial charge in [0.25, 0.3) is 0 Å². The van der Waals surface area contributed by atoms with Gasteiger partial charge in [0.1, 0.15) is 0 Å². The van der Waals surface area contributed by atoms with Crippen LogP contribution in [0.5, 0.6) is 0 Å². The third-order valence-electron chi connectivity index (χ3n) is 6.08. The summed E-state index contributed by atoms with van der Waals surface area (Å²) in [5.41, 5.74) is 0. The third kappa shape index (κ3) is 10.2. The molecule has 0 spiro atoms. The maximum atomic E-state index is 12.0. The largest absolute Gasteiger partial charge is 0.466 e. The number of hydrogen-bond donors (Lipinski definition) is 0. The first kappa shape index (κ1) is 23.6. The van der Waals surface area contributed by atoms with Crippen LogP contribution >= 0.6 is 0 Å². The van der Waals surface area contributed by atoms with E-state index in [4.69, 9.17) is 9.47 Å². The van der Waals surface area contributed by atoms with Crippen molar-refractivity contribution in [1.82, 2.24) is 14.7 Å². The number of likely N-dealkylation sites (tertiary alicyclic amines) is 1. The van der Waals surface area contributed by atoms with Gasteiger partial charge in [-0.2, -0.15) is 0 Å². The lowest BCUT2D eigenvalue weighted by Crippen LogP contribution is -2.37. The van der Waals surface area contributed by atoms with E-state index in [1.54, 1.807) is 0 Å². The fourth-order valence-electron chi connectivity index (χ4n) is 4.26. The summed E-state index contributed by atoms with van der Waals surface area (Å²) in [5, 5.41) is 0. The minimum Gasteiger partial charge on any atom is -0.466 e. The standard InChI is InChI=1S/C22H43N3O3/c1-3-10-23(2)11-4-6-21-7-13-25(14-8-21)15-9-22(26)28-18-5-12-24-16-19-27-20-17-24/h21H,3-20H2,1-2H3. The van der Waals surface area contributed by atoms with E-state index in [0.717, 1.165) is 64.8 Å². The van der Waals surface area contributed by atoms with Crippen LogP contribution in [0.15, 0.2) is 0 Å². The number of piperidine rings is 1. The summed E-state index contributed by atoms with van der Waals surface area (Å²) >= 11 is 0. The Labute approximate surface area is 172 Å². The average molecular weight is 398 g/mol. The Kier molecular flexibility index (Phi) is 12.1. The van der Waals surface area contributed by atoms with Crippen LogP contribution in [0.25, 0.3) is 0 Å². The van der Waals surface area contributed by atoms with Crippen molar-refractivity contribution in [1.29, 1.82) is 0 Å². The molecular formula is C22H43N3O3. The zero-order chi connectivity index (χ0) is 20.0. The molecule has 0 aliphatic carbocycles. The highest BCUT2D eigenvalue weighted by Crippen LogP contribution is 2.22. The molecule has 0 aromatic rings. The van der Waals surface area contributed by atoms with E-state index in [9.17, 15) is 4.79 Å². The van der Waals surface area contributed by atoms with E-state index >= 15 is 0 Å². The normalized spacial score (nSPS) is 20.0. The Morgan fingerprint density at radius 3 is 2.46 bits per heavy atom. The molecule has 2 saturated heterocycles. The Bertz CT molecular complexity index is 408. The SMILES string of the molecule is CCCN(C)CCCC1CCN(CCC(=O)OCCCN2CCOCC2)CC1. The van der Waals surface area contributed by atoms with Gasteiger partial charge in [-0.25, -0.2) is 0 Å². The van der Waals surface area contributed by atoms with Gasteiger partial charge in [0.2, 0.25) is 0 Å². The maximum Gasteiger partial charge on any atom is 0.307 e. The number of esters is 1. The zero-order valence-electron chi connectivity index (χ0n) is 18.4. The molecule has 0 N–H and O–H groups in total. The van der Waals surface area contributed by atoms with Crippen LogP contribution in [-0.2, 0) is 14.3 Å². The second kappa shape index (κ2) is 14.3.